The Kier molecular flexibility index (Phi) is 3.31. The molecule has 4 nitrogen and oxygen atoms in total. The van der Waals surface area contributed by atoms with Crippen LogP contribution in [0.1, 0.15) is 33.4 Å². The van der Waals surface area contributed by atoms with Gasteiger partial charge in [0.2, 0.25) is 0 Å². The standard InChI is InChI=1S/C9H15N3OS/c1-5-14-8-10-7(13)6(11-12-8)9(2,3)4/h5H2,1-4H3,(H,10,12,13). The molecular weight excluding hydrogens is 198 g/mol. The van der Waals surface area contributed by atoms with Crippen molar-refractivity contribution < 1.29 is 0 Å². The van der Waals surface area contributed by atoms with Crippen LogP contribution >= 0.6 is 11.8 Å². The van der Waals surface area contributed by atoms with E-state index in [4.69, 9.17) is 0 Å². The average Bonchev–Trinajstić information content (AvgIpc) is 2.02. The summed E-state index contributed by atoms with van der Waals surface area (Å²) in [6.07, 6.45) is 0. The van der Waals surface area contributed by atoms with E-state index in [1.165, 1.54) is 11.8 Å². The molecule has 0 amide bonds. The molecule has 1 aromatic heterocycles. The molecule has 0 unspecified atom stereocenters. The number of hydrogen-bond acceptors (Lipinski definition) is 4. The summed E-state index contributed by atoms with van der Waals surface area (Å²) in [6.45, 7) is 7.83. The minimum absolute atomic E-state index is 0.136. The maximum atomic E-state index is 11.6. The Bertz CT molecular complexity index is 367. The van der Waals surface area contributed by atoms with Crippen LogP contribution in [0.3, 0.4) is 0 Å². The van der Waals surface area contributed by atoms with Crippen LogP contribution in [0, 0.1) is 0 Å². The highest BCUT2D eigenvalue weighted by Crippen LogP contribution is 2.16. The summed E-state index contributed by atoms with van der Waals surface area (Å²) in [6, 6.07) is 0. The Hall–Kier alpha value is -0.840. The van der Waals surface area contributed by atoms with Crippen LogP contribution in [0.4, 0.5) is 0 Å². The molecule has 0 saturated carbocycles. The summed E-state index contributed by atoms with van der Waals surface area (Å²) in [5.41, 5.74) is 0.0945. The number of aromatic amines is 1. The second-order valence-corrected chi connectivity index (χ2v) is 5.24. The van der Waals surface area contributed by atoms with E-state index >= 15 is 0 Å². The maximum absolute atomic E-state index is 11.6. The lowest BCUT2D eigenvalue weighted by Crippen LogP contribution is -2.27. The number of nitrogens with zero attached hydrogens (tertiary/aromatic N) is 2. The third-order valence-electron chi connectivity index (χ3n) is 1.67. The Morgan fingerprint density at radius 2 is 2.00 bits per heavy atom. The van der Waals surface area contributed by atoms with Crippen molar-refractivity contribution in [2.75, 3.05) is 5.75 Å². The van der Waals surface area contributed by atoms with Gasteiger partial charge in [0.25, 0.3) is 5.56 Å². The van der Waals surface area contributed by atoms with Gasteiger partial charge in [0.15, 0.2) is 5.16 Å². The maximum Gasteiger partial charge on any atom is 0.274 e. The van der Waals surface area contributed by atoms with Crippen LogP contribution in [0.15, 0.2) is 9.95 Å². The first kappa shape index (κ1) is 11.2. The van der Waals surface area contributed by atoms with E-state index < -0.39 is 0 Å². The zero-order chi connectivity index (χ0) is 10.8. The monoisotopic (exact) mass is 213 g/mol. The predicted octanol–water partition coefficient (Wildman–Crippen LogP) is 1.57. The summed E-state index contributed by atoms with van der Waals surface area (Å²) in [5.74, 6) is 0.874. The van der Waals surface area contributed by atoms with Crippen molar-refractivity contribution in [2.45, 2.75) is 38.3 Å². The molecule has 0 aliphatic carbocycles. The fourth-order valence-electron chi connectivity index (χ4n) is 1.01. The lowest BCUT2D eigenvalue weighted by Gasteiger charge is -2.14. The number of nitrogens with one attached hydrogen (secondary N) is 1. The van der Waals surface area contributed by atoms with Gasteiger partial charge in [-0.15, -0.1) is 10.2 Å². The second kappa shape index (κ2) is 4.13. The van der Waals surface area contributed by atoms with Crippen LogP contribution in [-0.2, 0) is 5.41 Å². The van der Waals surface area contributed by atoms with Gasteiger partial charge in [-0.25, -0.2) is 0 Å². The number of aromatic nitrogens is 3. The summed E-state index contributed by atoms with van der Waals surface area (Å²) in [4.78, 5) is 14.3. The van der Waals surface area contributed by atoms with Crippen molar-refractivity contribution in [3.63, 3.8) is 0 Å². The van der Waals surface area contributed by atoms with Crippen molar-refractivity contribution >= 4 is 11.8 Å². The van der Waals surface area contributed by atoms with E-state index in [0.717, 1.165) is 5.75 Å². The zero-order valence-electron chi connectivity index (χ0n) is 8.92. The van der Waals surface area contributed by atoms with Crippen molar-refractivity contribution in [1.29, 1.82) is 0 Å². The average molecular weight is 213 g/mol. The first-order chi connectivity index (χ1) is 6.45. The van der Waals surface area contributed by atoms with Crippen molar-refractivity contribution in [3.8, 4) is 0 Å². The van der Waals surface area contributed by atoms with Gasteiger partial charge >= 0.3 is 0 Å². The molecule has 5 heteroatoms. The van der Waals surface area contributed by atoms with E-state index in [0.29, 0.717) is 10.9 Å². The van der Waals surface area contributed by atoms with Gasteiger partial charge in [-0.1, -0.05) is 39.5 Å². The van der Waals surface area contributed by atoms with Crippen LogP contribution in [0.5, 0.6) is 0 Å². The molecule has 0 aliphatic rings. The molecular formula is C9H15N3OS. The summed E-state index contributed by atoms with van der Waals surface area (Å²) in [7, 11) is 0. The van der Waals surface area contributed by atoms with Crippen molar-refractivity contribution in [2.24, 2.45) is 0 Å². The molecule has 1 N–H and O–H groups in total. The minimum atomic E-state index is -0.254. The van der Waals surface area contributed by atoms with Gasteiger partial charge in [0.1, 0.15) is 5.69 Å². The molecule has 0 spiro atoms. The normalized spacial score (nSPS) is 11.7. The predicted molar refractivity (Wildman–Crippen MR) is 57.8 cm³/mol. The van der Waals surface area contributed by atoms with Crippen LogP contribution in [0.2, 0.25) is 0 Å². The third-order valence-corrected chi connectivity index (χ3v) is 2.41. The van der Waals surface area contributed by atoms with E-state index in [2.05, 4.69) is 15.2 Å². The molecule has 0 fully saturated rings. The zero-order valence-corrected chi connectivity index (χ0v) is 9.73. The molecule has 1 rings (SSSR count). The van der Waals surface area contributed by atoms with Gasteiger partial charge in [-0.05, 0) is 5.75 Å². The molecule has 14 heavy (non-hydrogen) atoms. The minimum Gasteiger partial charge on any atom is -0.298 e. The van der Waals surface area contributed by atoms with E-state index in [1.807, 2.05) is 27.7 Å². The molecule has 0 radical (unpaired) electrons. The molecule has 1 aromatic rings. The van der Waals surface area contributed by atoms with Gasteiger partial charge in [0.05, 0.1) is 0 Å². The van der Waals surface area contributed by atoms with Crippen LogP contribution < -0.4 is 5.56 Å². The van der Waals surface area contributed by atoms with Gasteiger partial charge in [0, 0.05) is 5.41 Å². The summed E-state index contributed by atoms with van der Waals surface area (Å²) < 4.78 is 0. The number of thioether (sulfide) groups is 1. The van der Waals surface area contributed by atoms with Crippen molar-refractivity contribution in [3.05, 3.63) is 16.0 Å². The Balaban J connectivity index is 3.09. The first-order valence-corrected chi connectivity index (χ1v) is 5.54. The number of rotatable bonds is 2. The number of hydrogen-bond donors (Lipinski definition) is 1. The van der Waals surface area contributed by atoms with E-state index in [-0.39, 0.29) is 11.0 Å². The fourth-order valence-corrected chi connectivity index (χ4v) is 1.55. The topological polar surface area (TPSA) is 58.6 Å². The highest BCUT2D eigenvalue weighted by atomic mass is 32.2. The van der Waals surface area contributed by atoms with Crippen molar-refractivity contribution in [1.82, 2.24) is 15.2 Å². The third kappa shape index (κ3) is 2.57. The van der Waals surface area contributed by atoms with Crippen LogP contribution in [0.25, 0.3) is 0 Å². The molecule has 1 heterocycles. The SMILES string of the molecule is CCSc1nnc(C(C)(C)C)c(=O)[nH]1. The van der Waals surface area contributed by atoms with Gasteiger partial charge in [-0.2, -0.15) is 0 Å². The molecule has 0 atom stereocenters. The lowest BCUT2D eigenvalue weighted by atomic mass is 9.93. The summed E-state index contributed by atoms with van der Waals surface area (Å²) in [5, 5.41) is 8.50. The second-order valence-electron chi connectivity index (χ2n) is 3.99. The molecule has 0 aromatic carbocycles. The van der Waals surface area contributed by atoms with Crippen LogP contribution in [-0.4, -0.2) is 20.9 Å². The Labute approximate surface area is 87.5 Å². The summed E-state index contributed by atoms with van der Waals surface area (Å²) >= 11 is 1.48. The smallest absolute Gasteiger partial charge is 0.274 e. The van der Waals surface area contributed by atoms with Gasteiger partial charge in [-0.3, -0.25) is 9.78 Å². The first-order valence-electron chi connectivity index (χ1n) is 4.55. The van der Waals surface area contributed by atoms with E-state index in [9.17, 15) is 4.79 Å². The highest BCUT2D eigenvalue weighted by Gasteiger charge is 2.20. The fraction of sp³-hybridized carbons (Fsp3) is 0.667. The molecule has 0 saturated heterocycles. The Morgan fingerprint density at radius 1 is 1.36 bits per heavy atom. The quantitative estimate of drug-likeness (QED) is 0.758. The molecule has 0 aliphatic heterocycles. The number of H-pyrrole nitrogens is 1. The van der Waals surface area contributed by atoms with Gasteiger partial charge < -0.3 is 0 Å². The highest BCUT2D eigenvalue weighted by molar-refractivity contribution is 7.99. The van der Waals surface area contributed by atoms with E-state index in [1.54, 1.807) is 0 Å². The Morgan fingerprint density at radius 3 is 2.43 bits per heavy atom. The largest absolute Gasteiger partial charge is 0.298 e. The molecule has 0 bridgehead atoms. The molecule has 78 valence electrons. The lowest BCUT2D eigenvalue weighted by molar-refractivity contribution is 0.536.